The molecule has 1 heterocycles. The number of hydrogen-bond donors (Lipinski definition) is 1. The molecule has 0 saturated carbocycles. The Morgan fingerprint density at radius 2 is 1.80 bits per heavy atom. The molecule has 0 bridgehead atoms. The van der Waals surface area contributed by atoms with Crippen molar-refractivity contribution in [3.63, 3.8) is 0 Å². The van der Waals surface area contributed by atoms with E-state index in [1.807, 2.05) is 30.3 Å². The third-order valence-electron chi connectivity index (χ3n) is 5.41. The van der Waals surface area contributed by atoms with Crippen LogP contribution in [0.1, 0.15) is 21.6 Å². The molecule has 1 N–H and O–H groups in total. The summed E-state index contributed by atoms with van der Waals surface area (Å²) in [5.41, 5.74) is 8.11. The van der Waals surface area contributed by atoms with Crippen molar-refractivity contribution in [2.75, 3.05) is 13.7 Å². The van der Waals surface area contributed by atoms with Gasteiger partial charge in [0.2, 0.25) is 0 Å². The van der Waals surface area contributed by atoms with Crippen molar-refractivity contribution >= 4 is 12.1 Å². The third-order valence-corrected chi connectivity index (χ3v) is 5.41. The molecule has 0 aliphatic carbocycles. The molecule has 4 rings (SSSR count). The molecule has 35 heavy (non-hydrogen) atoms. The number of nitrogens with one attached hydrogen (secondary N) is 1. The normalized spacial score (nSPS) is 10.7. The molecule has 6 heteroatoms. The minimum atomic E-state index is -0.304. The third kappa shape index (κ3) is 5.43. The Kier molecular flexibility index (Phi) is 7.29. The molecule has 0 aliphatic heterocycles. The van der Waals surface area contributed by atoms with Crippen molar-refractivity contribution < 1.29 is 14.3 Å². The topological polar surface area (TPSA) is 64.8 Å². The van der Waals surface area contributed by atoms with Crippen LogP contribution in [0.4, 0.5) is 0 Å². The SMILES string of the molecule is C#CCOc1ccc(/C=N/NC(=O)c2ccc(-n3c(C)ccc3-c3ccccc3)cc2)cc1OC. The number of ether oxygens (including phenoxy) is 2. The Morgan fingerprint density at radius 3 is 2.51 bits per heavy atom. The first-order valence-electron chi connectivity index (χ1n) is 11.0. The monoisotopic (exact) mass is 463 g/mol. The minimum Gasteiger partial charge on any atom is -0.493 e. The van der Waals surface area contributed by atoms with E-state index in [-0.39, 0.29) is 12.5 Å². The number of rotatable bonds is 8. The van der Waals surface area contributed by atoms with Crippen molar-refractivity contribution in [3.05, 3.63) is 102 Å². The van der Waals surface area contributed by atoms with Gasteiger partial charge in [-0.05, 0) is 72.6 Å². The minimum absolute atomic E-state index is 0.149. The van der Waals surface area contributed by atoms with Crippen molar-refractivity contribution in [1.82, 2.24) is 9.99 Å². The van der Waals surface area contributed by atoms with Crippen LogP contribution in [0.2, 0.25) is 0 Å². The lowest BCUT2D eigenvalue weighted by atomic mass is 10.1. The maximum Gasteiger partial charge on any atom is 0.271 e. The number of carbonyl (C=O) groups is 1. The zero-order valence-corrected chi connectivity index (χ0v) is 19.6. The molecule has 0 spiro atoms. The highest BCUT2D eigenvalue weighted by atomic mass is 16.5. The van der Waals surface area contributed by atoms with Crippen molar-refractivity contribution in [2.24, 2.45) is 5.10 Å². The van der Waals surface area contributed by atoms with Gasteiger partial charge in [0, 0.05) is 16.9 Å². The fraction of sp³-hybridized carbons (Fsp3) is 0.103. The zero-order valence-electron chi connectivity index (χ0n) is 19.6. The van der Waals surface area contributed by atoms with Gasteiger partial charge in [0.15, 0.2) is 11.5 Å². The molecule has 0 saturated heterocycles. The van der Waals surface area contributed by atoms with Gasteiger partial charge in [0.05, 0.1) is 19.0 Å². The second-order valence-corrected chi connectivity index (χ2v) is 7.71. The van der Waals surface area contributed by atoms with Crippen LogP contribution in [0.25, 0.3) is 16.9 Å². The molecule has 0 atom stereocenters. The van der Waals surface area contributed by atoms with Crippen molar-refractivity contribution in [3.8, 4) is 40.8 Å². The number of nitrogens with zero attached hydrogens (tertiary/aromatic N) is 2. The van der Waals surface area contributed by atoms with Gasteiger partial charge in [-0.1, -0.05) is 36.3 Å². The van der Waals surface area contributed by atoms with Gasteiger partial charge < -0.3 is 14.0 Å². The first kappa shape index (κ1) is 23.4. The second-order valence-electron chi connectivity index (χ2n) is 7.71. The highest BCUT2D eigenvalue weighted by Crippen LogP contribution is 2.28. The zero-order chi connectivity index (χ0) is 24.6. The van der Waals surface area contributed by atoms with Crippen LogP contribution in [0.5, 0.6) is 11.5 Å². The Morgan fingerprint density at radius 1 is 1.03 bits per heavy atom. The van der Waals surface area contributed by atoms with Crippen LogP contribution < -0.4 is 14.9 Å². The molecular formula is C29H25N3O3. The van der Waals surface area contributed by atoms with Crippen molar-refractivity contribution in [1.29, 1.82) is 0 Å². The summed E-state index contributed by atoms with van der Waals surface area (Å²) in [6.07, 6.45) is 6.77. The summed E-state index contributed by atoms with van der Waals surface area (Å²) < 4.78 is 12.9. The smallest absolute Gasteiger partial charge is 0.271 e. The lowest BCUT2D eigenvalue weighted by Crippen LogP contribution is -2.17. The van der Waals surface area contributed by atoms with Gasteiger partial charge in [-0.25, -0.2) is 5.43 Å². The number of benzene rings is 3. The summed E-state index contributed by atoms with van der Waals surface area (Å²) in [7, 11) is 1.54. The fourth-order valence-corrected chi connectivity index (χ4v) is 3.71. The number of hydrazone groups is 1. The largest absolute Gasteiger partial charge is 0.493 e. The Hall–Kier alpha value is -4.76. The average Bonchev–Trinajstić information content (AvgIpc) is 3.29. The summed E-state index contributed by atoms with van der Waals surface area (Å²) in [5.74, 6) is 3.18. The Bertz CT molecular complexity index is 1380. The average molecular weight is 464 g/mol. The van der Waals surface area contributed by atoms with Crippen LogP contribution >= 0.6 is 0 Å². The molecule has 0 unspecified atom stereocenters. The van der Waals surface area contributed by atoms with Crippen LogP contribution in [-0.2, 0) is 0 Å². The molecule has 0 aliphatic rings. The number of terminal acetylenes is 1. The van der Waals surface area contributed by atoms with E-state index in [0.29, 0.717) is 17.1 Å². The van der Waals surface area contributed by atoms with E-state index in [1.165, 1.54) is 6.21 Å². The summed E-state index contributed by atoms with van der Waals surface area (Å²) in [6, 6.07) is 27.1. The maximum atomic E-state index is 12.6. The molecule has 3 aromatic carbocycles. The summed E-state index contributed by atoms with van der Waals surface area (Å²) in [4.78, 5) is 12.6. The Balaban J connectivity index is 1.45. The van der Waals surface area contributed by atoms with E-state index in [4.69, 9.17) is 15.9 Å². The van der Waals surface area contributed by atoms with E-state index < -0.39 is 0 Å². The fourth-order valence-electron chi connectivity index (χ4n) is 3.71. The highest BCUT2D eigenvalue weighted by Gasteiger charge is 2.11. The molecular weight excluding hydrogens is 438 g/mol. The standard InChI is InChI=1S/C29H25N3O3/c1-4-18-35-27-17-11-22(19-28(27)34-3)20-30-31-29(33)24-12-14-25(15-13-24)32-21(2)10-16-26(32)23-8-6-5-7-9-23/h1,5-17,19-20H,18H2,2-3H3,(H,31,33)/b30-20+. The lowest BCUT2D eigenvalue weighted by molar-refractivity contribution is 0.0955. The number of carbonyl (C=O) groups excluding carboxylic acids is 1. The van der Waals surface area contributed by atoms with E-state index >= 15 is 0 Å². The predicted octanol–water partition coefficient (Wildman–Crippen LogP) is 5.24. The van der Waals surface area contributed by atoms with E-state index in [9.17, 15) is 4.79 Å². The maximum absolute atomic E-state index is 12.6. The first-order valence-corrected chi connectivity index (χ1v) is 11.0. The number of methoxy groups -OCH3 is 1. The second kappa shape index (κ2) is 10.9. The first-order chi connectivity index (χ1) is 17.1. The number of aryl methyl sites for hydroxylation is 1. The van der Waals surface area contributed by atoms with Crippen LogP contribution in [0.15, 0.2) is 90.0 Å². The summed E-state index contributed by atoms with van der Waals surface area (Å²) in [5, 5.41) is 4.07. The van der Waals surface area contributed by atoms with Crippen LogP contribution in [0, 0.1) is 19.3 Å². The quantitative estimate of drug-likeness (QED) is 0.221. The number of amides is 1. The molecule has 0 radical (unpaired) electrons. The molecule has 1 amide bonds. The van der Waals surface area contributed by atoms with Gasteiger partial charge in [0.25, 0.3) is 5.91 Å². The van der Waals surface area contributed by atoms with Gasteiger partial charge in [-0.2, -0.15) is 5.10 Å². The van der Waals surface area contributed by atoms with E-state index in [2.05, 4.69) is 52.2 Å². The summed E-state index contributed by atoms with van der Waals surface area (Å²) >= 11 is 0. The van der Waals surface area contributed by atoms with E-state index in [0.717, 1.165) is 28.2 Å². The molecule has 4 aromatic rings. The van der Waals surface area contributed by atoms with Gasteiger partial charge in [-0.15, -0.1) is 6.42 Å². The summed E-state index contributed by atoms with van der Waals surface area (Å²) in [6.45, 7) is 2.21. The van der Waals surface area contributed by atoms with Crippen molar-refractivity contribution in [2.45, 2.75) is 6.92 Å². The van der Waals surface area contributed by atoms with Crippen LogP contribution in [-0.4, -0.2) is 30.4 Å². The van der Waals surface area contributed by atoms with Gasteiger partial charge >= 0.3 is 0 Å². The molecule has 1 aromatic heterocycles. The Labute approximate surface area is 204 Å². The van der Waals surface area contributed by atoms with Gasteiger partial charge in [-0.3, -0.25) is 4.79 Å². The molecule has 174 valence electrons. The number of aromatic nitrogens is 1. The van der Waals surface area contributed by atoms with Crippen LogP contribution in [0.3, 0.4) is 0 Å². The molecule has 0 fully saturated rings. The van der Waals surface area contributed by atoms with Gasteiger partial charge in [0.1, 0.15) is 6.61 Å². The van der Waals surface area contributed by atoms with E-state index in [1.54, 1.807) is 37.4 Å². The molecule has 6 nitrogen and oxygen atoms in total. The highest BCUT2D eigenvalue weighted by molar-refractivity contribution is 5.95. The number of hydrogen-bond acceptors (Lipinski definition) is 4. The predicted molar refractivity (Wildman–Crippen MR) is 138 cm³/mol. The lowest BCUT2D eigenvalue weighted by Gasteiger charge is -2.12.